The molecule has 0 aromatic carbocycles. The molecular weight excluding hydrogens is 398 g/mol. The van der Waals surface area contributed by atoms with Crippen molar-refractivity contribution in [2.75, 3.05) is 12.5 Å². The Bertz CT molecular complexity index is 491. The van der Waals surface area contributed by atoms with Crippen molar-refractivity contribution in [1.82, 2.24) is 4.90 Å². The predicted octanol–water partition coefficient (Wildman–Crippen LogP) is 3.78. The Morgan fingerprint density at radius 2 is 1.61 bits per heavy atom. The van der Waals surface area contributed by atoms with E-state index in [1.807, 2.05) is 6.92 Å². The van der Waals surface area contributed by atoms with Gasteiger partial charge in [-0.3, -0.25) is 14.5 Å². The van der Waals surface area contributed by atoms with Gasteiger partial charge < -0.3 is 16.2 Å². The number of rotatable bonds is 7. The molecule has 162 valence electrons. The molecule has 0 heterocycles. The third kappa shape index (κ3) is 8.62. The van der Waals surface area contributed by atoms with E-state index in [9.17, 15) is 4.79 Å². The molecule has 0 radical (unpaired) electrons. The van der Waals surface area contributed by atoms with Crippen LogP contribution in [0.2, 0.25) is 0 Å². The molecular formula is C20H36ClN3O3S. The van der Waals surface area contributed by atoms with Gasteiger partial charge in [0.1, 0.15) is 0 Å². The number of nitrogens with two attached hydrogens (primary N) is 2. The third-order valence-corrected chi connectivity index (χ3v) is 7.02. The Kier molecular flexibility index (Phi) is 12.7. The van der Waals surface area contributed by atoms with Crippen LogP contribution in [0.1, 0.15) is 65.2 Å². The van der Waals surface area contributed by atoms with Crippen LogP contribution in [-0.2, 0) is 14.3 Å². The van der Waals surface area contributed by atoms with E-state index in [2.05, 4.69) is 17.6 Å². The lowest BCUT2D eigenvalue weighted by Gasteiger charge is -2.43. The first-order valence-electron chi connectivity index (χ1n) is 10.2. The van der Waals surface area contributed by atoms with Gasteiger partial charge in [-0.15, -0.1) is 0 Å². The van der Waals surface area contributed by atoms with Crippen molar-refractivity contribution < 1.29 is 14.3 Å². The molecule has 0 atom stereocenters. The van der Waals surface area contributed by atoms with Crippen LogP contribution in [0.3, 0.4) is 0 Å². The van der Waals surface area contributed by atoms with Crippen molar-refractivity contribution in [2.45, 2.75) is 77.3 Å². The molecule has 4 N–H and O–H groups in total. The van der Waals surface area contributed by atoms with Crippen LogP contribution in [-0.4, -0.2) is 41.8 Å². The van der Waals surface area contributed by atoms with Crippen LogP contribution < -0.4 is 11.5 Å². The first-order valence-corrected chi connectivity index (χ1v) is 11.6. The number of nitrogens with zero attached hydrogens (tertiary/aromatic N) is 1. The summed E-state index contributed by atoms with van der Waals surface area (Å²) in [5, 5.41) is 0. The Morgan fingerprint density at radius 1 is 1.11 bits per heavy atom. The number of ether oxygens (including phenoxy) is 1. The second-order valence-electron chi connectivity index (χ2n) is 7.57. The zero-order valence-corrected chi connectivity index (χ0v) is 18.7. The first kappa shape index (κ1) is 25.1. The molecule has 8 heteroatoms. The van der Waals surface area contributed by atoms with E-state index >= 15 is 0 Å². The monoisotopic (exact) mass is 433 g/mol. The minimum absolute atomic E-state index is 0.0116. The van der Waals surface area contributed by atoms with E-state index in [-0.39, 0.29) is 18.3 Å². The molecule has 0 aliphatic heterocycles. The second kappa shape index (κ2) is 14.1. The fourth-order valence-electron chi connectivity index (χ4n) is 4.17. The minimum Gasteiger partial charge on any atom is -0.466 e. The fourth-order valence-corrected chi connectivity index (χ4v) is 5.11. The lowest BCUT2D eigenvalue weighted by molar-refractivity contribution is -0.149. The van der Waals surface area contributed by atoms with Gasteiger partial charge in [0.2, 0.25) is 6.41 Å². The van der Waals surface area contributed by atoms with Gasteiger partial charge in [0.25, 0.3) is 0 Å². The van der Waals surface area contributed by atoms with Crippen LogP contribution in [0.15, 0.2) is 10.6 Å². The van der Waals surface area contributed by atoms with Crippen LogP contribution in [0, 0.1) is 11.8 Å². The van der Waals surface area contributed by atoms with E-state index in [4.69, 9.17) is 26.9 Å². The molecule has 6 nitrogen and oxygen atoms in total. The van der Waals surface area contributed by atoms with Crippen molar-refractivity contribution in [3.63, 3.8) is 0 Å². The highest BCUT2D eigenvalue weighted by molar-refractivity contribution is 8.04. The van der Waals surface area contributed by atoms with Gasteiger partial charge >= 0.3 is 5.97 Å². The SMILES string of the molecule is CCOC(=O)C1CCC(N(CS/C(Cl)=C\N)C2CCC(C)CC2)CC1.NC=O. The van der Waals surface area contributed by atoms with Gasteiger partial charge in [-0.05, 0) is 64.2 Å². The molecule has 0 bridgehead atoms. The highest BCUT2D eigenvalue weighted by Crippen LogP contribution is 2.36. The molecule has 0 unspecified atom stereocenters. The summed E-state index contributed by atoms with van der Waals surface area (Å²) < 4.78 is 5.86. The third-order valence-electron chi connectivity index (χ3n) is 5.72. The Balaban J connectivity index is 0.00000122. The zero-order valence-electron chi connectivity index (χ0n) is 17.1. The molecule has 2 aliphatic rings. The van der Waals surface area contributed by atoms with Crippen molar-refractivity contribution in [1.29, 1.82) is 0 Å². The number of amides is 1. The molecule has 0 aromatic rings. The Morgan fingerprint density at radius 3 is 2.07 bits per heavy atom. The second-order valence-corrected chi connectivity index (χ2v) is 9.18. The average Bonchev–Trinajstić information content (AvgIpc) is 2.70. The highest BCUT2D eigenvalue weighted by atomic mass is 35.5. The number of hydrogen-bond donors (Lipinski definition) is 2. The summed E-state index contributed by atoms with van der Waals surface area (Å²) in [5.74, 6) is 1.81. The molecule has 2 fully saturated rings. The largest absolute Gasteiger partial charge is 0.466 e. The smallest absolute Gasteiger partial charge is 0.308 e. The highest BCUT2D eigenvalue weighted by Gasteiger charge is 2.34. The Labute approximate surface area is 178 Å². The maximum absolute atomic E-state index is 12.0. The molecule has 2 aliphatic carbocycles. The van der Waals surface area contributed by atoms with Gasteiger partial charge in [-0.1, -0.05) is 30.3 Å². The lowest BCUT2D eigenvalue weighted by atomic mass is 9.82. The number of carbonyl (C=O) groups is 2. The van der Waals surface area contributed by atoms with Gasteiger partial charge in [-0.2, -0.15) is 0 Å². The van der Waals surface area contributed by atoms with Crippen molar-refractivity contribution in [3.8, 4) is 0 Å². The zero-order chi connectivity index (χ0) is 20.9. The predicted molar refractivity (Wildman–Crippen MR) is 116 cm³/mol. The van der Waals surface area contributed by atoms with Gasteiger partial charge in [0.05, 0.1) is 22.8 Å². The van der Waals surface area contributed by atoms with Crippen LogP contribution in [0.25, 0.3) is 0 Å². The standard InChI is InChI=1S/C19H33ClN2O2S.CH3NO/c1-3-24-19(23)15-6-10-17(11-7-15)22(13-25-18(20)12-21)16-8-4-14(2)5-9-16;2-1-3/h12,14-17H,3-11,13,21H2,1-2H3;1H,(H2,2,3)/b18-12-;. The van der Waals surface area contributed by atoms with Crippen LogP contribution in [0.4, 0.5) is 0 Å². The minimum atomic E-state index is -0.0116. The first-order chi connectivity index (χ1) is 13.5. The normalized spacial score (nSPS) is 28.2. The molecule has 0 spiro atoms. The van der Waals surface area contributed by atoms with E-state index in [1.165, 1.54) is 31.9 Å². The van der Waals surface area contributed by atoms with Crippen molar-refractivity contribution in [2.24, 2.45) is 23.3 Å². The number of halogens is 1. The number of primary amides is 1. The quantitative estimate of drug-likeness (QED) is 0.360. The Hall–Kier alpha value is -0.920. The summed E-state index contributed by atoms with van der Waals surface area (Å²) in [4.78, 5) is 23.2. The number of hydrogen-bond acceptors (Lipinski definition) is 6. The summed E-state index contributed by atoms with van der Waals surface area (Å²) >= 11 is 7.74. The molecule has 1 amide bonds. The van der Waals surface area contributed by atoms with Gasteiger partial charge in [-0.25, -0.2) is 0 Å². The number of carbonyl (C=O) groups excluding carboxylic acids is 2. The maximum Gasteiger partial charge on any atom is 0.308 e. The maximum atomic E-state index is 12.0. The molecule has 2 saturated carbocycles. The van der Waals surface area contributed by atoms with Crippen LogP contribution in [0.5, 0.6) is 0 Å². The summed E-state index contributed by atoms with van der Waals surface area (Å²) in [7, 11) is 0. The van der Waals surface area contributed by atoms with Crippen molar-refractivity contribution in [3.05, 3.63) is 10.6 Å². The number of thioether (sulfide) groups is 1. The molecule has 2 rings (SSSR count). The fraction of sp³-hybridized carbons (Fsp3) is 0.800. The van der Waals surface area contributed by atoms with E-state index in [0.29, 0.717) is 23.1 Å². The average molecular weight is 434 g/mol. The molecule has 0 saturated heterocycles. The molecule has 28 heavy (non-hydrogen) atoms. The summed E-state index contributed by atoms with van der Waals surface area (Å²) in [6.07, 6.45) is 10.9. The van der Waals surface area contributed by atoms with E-state index in [0.717, 1.165) is 37.5 Å². The topological polar surface area (TPSA) is 98.7 Å². The van der Waals surface area contributed by atoms with E-state index < -0.39 is 0 Å². The van der Waals surface area contributed by atoms with E-state index in [1.54, 1.807) is 11.8 Å². The van der Waals surface area contributed by atoms with Gasteiger partial charge in [0.15, 0.2) is 0 Å². The lowest BCUT2D eigenvalue weighted by Crippen LogP contribution is -2.46. The van der Waals surface area contributed by atoms with Crippen LogP contribution >= 0.6 is 23.4 Å². The van der Waals surface area contributed by atoms with Crippen molar-refractivity contribution >= 4 is 35.7 Å². The summed E-state index contributed by atoms with van der Waals surface area (Å²) in [6, 6.07) is 1.17. The van der Waals surface area contributed by atoms with Gasteiger partial charge in [0, 0.05) is 18.3 Å². The number of esters is 1. The molecule has 0 aromatic heterocycles. The summed E-state index contributed by atoms with van der Waals surface area (Å²) in [6.45, 7) is 4.71. The summed E-state index contributed by atoms with van der Waals surface area (Å²) in [5.41, 5.74) is 9.70.